The molecule has 0 spiro atoms. The van der Waals surface area contributed by atoms with Gasteiger partial charge in [-0.2, -0.15) is 0 Å². The van der Waals surface area contributed by atoms with E-state index in [4.69, 9.17) is 5.11 Å². The second kappa shape index (κ2) is 6.77. The molecule has 0 aliphatic carbocycles. The number of nitrogens with zero attached hydrogens (tertiary/aromatic N) is 1. The van der Waals surface area contributed by atoms with Gasteiger partial charge in [0.2, 0.25) is 10.0 Å². The van der Waals surface area contributed by atoms with Crippen molar-refractivity contribution in [2.45, 2.75) is 17.9 Å². The zero-order valence-electron chi connectivity index (χ0n) is 10.4. The Bertz CT molecular complexity index is 671. The Morgan fingerprint density at radius 2 is 2.25 bits per heavy atom. The first-order valence-corrected chi connectivity index (χ1v) is 8.90. The lowest BCUT2D eigenvalue weighted by Gasteiger charge is -2.05. The van der Waals surface area contributed by atoms with Crippen LogP contribution >= 0.6 is 27.3 Å². The third kappa shape index (κ3) is 3.86. The second-order valence-electron chi connectivity index (χ2n) is 4.02. The summed E-state index contributed by atoms with van der Waals surface area (Å²) in [7, 11) is -3.57. The van der Waals surface area contributed by atoms with Crippen molar-refractivity contribution >= 4 is 37.3 Å². The number of halogens is 1. The summed E-state index contributed by atoms with van der Waals surface area (Å²) in [5.74, 6) is 0. The number of pyridine rings is 1. The molecule has 8 heteroatoms. The van der Waals surface area contributed by atoms with E-state index in [1.807, 2.05) is 12.1 Å². The third-order valence-corrected chi connectivity index (χ3v) is 6.28. The first-order chi connectivity index (χ1) is 9.53. The zero-order valence-corrected chi connectivity index (χ0v) is 13.6. The SMILES string of the molecule is O=S(=O)(NCCc1cccnc1)c1cc(CO)sc1Br. The van der Waals surface area contributed by atoms with Crippen LogP contribution in [0.2, 0.25) is 0 Å². The van der Waals surface area contributed by atoms with Crippen molar-refractivity contribution in [3.63, 3.8) is 0 Å². The van der Waals surface area contributed by atoms with Crippen LogP contribution in [-0.4, -0.2) is 25.1 Å². The fourth-order valence-electron chi connectivity index (χ4n) is 1.61. The van der Waals surface area contributed by atoms with Crippen molar-refractivity contribution in [2.75, 3.05) is 6.54 Å². The molecule has 2 N–H and O–H groups in total. The van der Waals surface area contributed by atoms with E-state index in [9.17, 15) is 8.42 Å². The van der Waals surface area contributed by atoms with Crippen molar-refractivity contribution in [3.8, 4) is 0 Å². The topological polar surface area (TPSA) is 79.3 Å². The molecule has 20 heavy (non-hydrogen) atoms. The number of aromatic nitrogens is 1. The van der Waals surface area contributed by atoms with Gasteiger partial charge in [0.25, 0.3) is 0 Å². The minimum absolute atomic E-state index is 0.165. The normalized spacial score (nSPS) is 11.7. The highest BCUT2D eigenvalue weighted by Crippen LogP contribution is 2.31. The summed E-state index contributed by atoms with van der Waals surface area (Å²) in [6.07, 6.45) is 3.95. The highest BCUT2D eigenvalue weighted by atomic mass is 79.9. The predicted molar refractivity (Wildman–Crippen MR) is 81.1 cm³/mol. The summed E-state index contributed by atoms with van der Waals surface area (Å²) in [4.78, 5) is 4.74. The quantitative estimate of drug-likeness (QED) is 0.806. The predicted octanol–water partition coefficient (Wildman–Crippen LogP) is 1.92. The van der Waals surface area contributed by atoms with E-state index in [2.05, 4.69) is 25.6 Å². The lowest BCUT2D eigenvalue weighted by Crippen LogP contribution is -2.25. The molecular weight excluding hydrogens is 364 g/mol. The molecule has 0 unspecified atom stereocenters. The minimum atomic E-state index is -3.57. The minimum Gasteiger partial charge on any atom is -0.391 e. The van der Waals surface area contributed by atoms with Crippen LogP contribution in [0.3, 0.4) is 0 Å². The van der Waals surface area contributed by atoms with Crippen LogP contribution in [0.5, 0.6) is 0 Å². The molecule has 2 heterocycles. The van der Waals surface area contributed by atoms with Gasteiger partial charge in [0.15, 0.2) is 0 Å². The number of thiophene rings is 1. The van der Waals surface area contributed by atoms with Crippen LogP contribution in [0.4, 0.5) is 0 Å². The number of hydrogen-bond acceptors (Lipinski definition) is 5. The van der Waals surface area contributed by atoms with Crippen molar-refractivity contribution < 1.29 is 13.5 Å². The smallest absolute Gasteiger partial charge is 0.242 e. The lowest BCUT2D eigenvalue weighted by molar-refractivity contribution is 0.285. The number of hydrogen-bond donors (Lipinski definition) is 2. The molecule has 0 saturated carbocycles. The van der Waals surface area contributed by atoms with Crippen molar-refractivity contribution in [2.24, 2.45) is 0 Å². The molecular formula is C12H13BrN2O3S2. The molecule has 0 saturated heterocycles. The molecule has 0 radical (unpaired) electrons. The molecule has 0 fully saturated rings. The van der Waals surface area contributed by atoms with Crippen molar-refractivity contribution in [3.05, 3.63) is 44.8 Å². The Labute approximate surface area is 129 Å². The first kappa shape index (κ1) is 15.6. The summed E-state index contributed by atoms with van der Waals surface area (Å²) in [5.41, 5.74) is 0.968. The maximum absolute atomic E-state index is 12.1. The van der Waals surface area contributed by atoms with Gasteiger partial charge in [-0.1, -0.05) is 6.07 Å². The van der Waals surface area contributed by atoms with Crippen LogP contribution in [0.15, 0.2) is 39.3 Å². The second-order valence-corrected chi connectivity index (χ2v) is 8.21. The molecule has 0 aliphatic heterocycles. The maximum atomic E-state index is 12.1. The fourth-order valence-corrected chi connectivity index (χ4v) is 5.18. The Kier molecular flexibility index (Phi) is 5.28. The maximum Gasteiger partial charge on any atom is 0.242 e. The van der Waals surface area contributed by atoms with E-state index in [0.717, 1.165) is 5.56 Å². The van der Waals surface area contributed by atoms with Gasteiger partial charge < -0.3 is 5.11 Å². The van der Waals surface area contributed by atoms with Crippen molar-refractivity contribution in [1.29, 1.82) is 0 Å². The summed E-state index contributed by atoms with van der Waals surface area (Å²) in [5, 5.41) is 9.03. The Balaban J connectivity index is 2.02. The van der Waals surface area contributed by atoms with Gasteiger partial charge in [-0.3, -0.25) is 4.98 Å². The molecule has 2 aromatic heterocycles. The molecule has 0 amide bonds. The number of aliphatic hydroxyl groups is 1. The number of rotatable bonds is 6. The van der Waals surface area contributed by atoms with Crippen molar-refractivity contribution in [1.82, 2.24) is 9.71 Å². The average Bonchev–Trinajstić information content (AvgIpc) is 2.82. The van der Waals surface area contributed by atoms with E-state index in [0.29, 0.717) is 21.6 Å². The number of sulfonamides is 1. The highest BCUT2D eigenvalue weighted by molar-refractivity contribution is 9.11. The lowest BCUT2D eigenvalue weighted by atomic mass is 10.2. The summed E-state index contributed by atoms with van der Waals surface area (Å²) in [6.45, 7) is 0.124. The number of nitrogens with one attached hydrogen (secondary N) is 1. The average molecular weight is 377 g/mol. The molecule has 0 bridgehead atoms. The van der Waals surface area contributed by atoms with Gasteiger partial charge in [-0.15, -0.1) is 11.3 Å². The first-order valence-electron chi connectivity index (χ1n) is 5.80. The van der Waals surface area contributed by atoms with E-state index >= 15 is 0 Å². The van der Waals surface area contributed by atoms with Crippen LogP contribution in [0.1, 0.15) is 10.4 Å². The van der Waals surface area contributed by atoms with Gasteiger partial charge in [-0.25, -0.2) is 13.1 Å². The molecule has 108 valence electrons. The zero-order chi connectivity index (χ0) is 14.6. The molecule has 2 rings (SSSR count). The van der Waals surface area contributed by atoms with Crippen LogP contribution in [-0.2, 0) is 23.1 Å². The van der Waals surface area contributed by atoms with Gasteiger partial charge in [0.1, 0.15) is 4.90 Å². The standard InChI is InChI=1S/C12H13BrN2O3S2/c13-12-11(6-10(8-16)19-12)20(17,18)15-5-3-9-2-1-4-14-7-9/h1-2,4,6-7,15-16H,3,5,8H2. The molecule has 5 nitrogen and oxygen atoms in total. The van der Waals surface area contributed by atoms with Crippen LogP contribution < -0.4 is 4.72 Å². The molecule has 2 aromatic rings. The van der Waals surface area contributed by atoms with E-state index in [-0.39, 0.29) is 11.5 Å². The molecule has 0 atom stereocenters. The van der Waals surface area contributed by atoms with Gasteiger partial charge >= 0.3 is 0 Å². The molecule has 0 aromatic carbocycles. The molecule has 0 aliphatic rings. The van der Waals surface area contributed by atoms with E-state index in [1.165, 1.54) is 17.4 Å². The third-order valence-electron chi connectivity index (χ3n) is 2.58. The largest absolute Gasteiger partial charge is 0.391 e. The van der Waals surface area contributed by atoms with Gasteiger partial charge in [0, 0.05) is 23.8 Å². The summed E-state index contributed by atoms with van der Waals surface area (Å²) >= 11 is 4.42. The Morgan fingerprint density at radius 1 is 1.45 bits per heavy atom. The fraction of sp³-hybridized carbons (Fsp3) is 0.250. The Morgan fingerprint density at radius 3 is 2.85 bits per heavy atom. The highest BCUT2D eigenvalue weighted by Gasteiger charge is 2.20. The van der Waals surface area contributed by atoms with Crippen LogP contribution in [0.25, 0.3) is 0 Å². The summed E-state index contributed by atoms with van der Waals surface area (Å²) in [6, 6.07) is 5.18. The Hall–Kier alpha value is -0.800. The van der Waals surface area contributed by atoms with Gasteiger partial charge in [0.05, 0.1) is 10.4 Å². The van der Waals surface area contributed by atoms with E-state index < -0.39 is 10.0 Å². The van der Waals surface area contributed by atoms with Crippen LogP contribution in [0, 0.1) is 0 Å². The summed E-state index contributed by atoms with van der Waals surface area (Å²) < 4.78 is 27.3. The monoisotopic (exact) mass is 376 g/mol. The van der Waals surface area contributed by atoms with Gasteiger partial charge in [-0.05, 0) is 40.0 Å². The van der Waals surface area contributed by atoms with E-state index in [1.54, 1.807) is 12.4 Å². The number of aliphatic hydroxyl groups excluding tert-OH is 1.